The molecule has 24 heteroatoms. The summed E-state index contributed by atoms with van der Waals surface area (Å²) in [5.41, 5.74) is 5.45. The Morgan fingerprint density at radius 1 is 0.771 bits per heavy atom. The third-order valence-corrected chi connectivity index (χ3v) is 10.1. The molecule has 3 amide bonds. The highest BCUT2D eigenvalue weighted by Crippen LogP contribution is 2.24. The zero-order chi connectivity index (χ0) is 51.0. The molecule has 0 saturated carbocycles. The highest BCUT2D eigenvalue weighted by molar-refractivity contribution is 5.97. The molecule has 3 aromatic rings. The van der Waals surface area contributed by atoms with E-state index < -0.39 is 35.5 Å². The standard InChI is InChI=1S/C46H69N9O15/c1-3-16-65-22-24-67-20-14-48-38(59)12-18-69-30-46(29-56,26-32(2)57)31-70-19-13-39(60)49-15-21-68-25-23-66-17-4-5-36(58)10-11-37(44(63)64)53-42(61)33-6-8-34(9-7-33)50-27-35-28-51-41-40(52-35)43(62)55-45(47)54-41/h6-9,28,37,50,56H,3-5,10-27,29-31H2,1-2H3,(H,48,59)(H,49,60)(H,53,61)(H,63,64)(H3,47,51,54,55,62)/t37-,46?/m0/s1. The summed E-state index contributed by atoms with van der Waals surface area (Å²) in [4.78, 5) is 100. The number of carbonyl (C=O) groups excluding carboxylic acids is 5. The van der Waals surface area contributed by atoms with Crippen LogP contribution in [-0.2, 0) is 58.9 Å². The fourth-order valence-electron chi connectivity index (χ4n) is 6.51. The molecule has 0 aliphatic rings. The van der Waals surface area contributed by atoms with Crippen molar-refractivity contribution < 1.29 is 67.4 Å². The molecule has 0 spiro atoms. The van der Waals surface area contributed by atoms with Crippen LogP contribution in [0.2, 0.25) is 0 Å². The van der Waals surface area contributed by atoms with Crippen LogP contribution in [0.15, 0.2) is 35.3 Å². The van der Waals surface area contributed by atoms with Crippen LogP contribution in [-0.4, -0.2) is 170 Å². The number of hydrogen-bond donors (Lipinski definition) is 8. The Kier molecular flexibility index (Phi) is 27.9. The van der Waals surface area contributed by atoms with Crippen molar-refractivity contribution in [1.29, 1.82) is 0 Å². The number of nitrogens with zero attached hydrogens (tertiary/aromatic N) is 3. The molecule has 0 bridgehead atoms. The summed E-state index contributed by atoms with van der Waals surface area (Å²) in [6, 6.07) is 4.99. The maximum absolute atomic E-state index is 12.8. The van der Waals surface area contributed by atoms with E-state index in [0.29, 0.717) is 50.8 Å². The SMILES string of the molecule is CCCOCCOCCNC(=O)CCOCC(CO)(COCCC(=O)NCCOCCOCCCC(=O)CC[C@H](NC(=O)c1ccc(NCc2cnc3nc(N)[nH]c(=O)c3n2)cc1)C(=O)O)CC(C)=O. The number of aliphatic carboxylic acids is 1. The molecule has 0 saturated heterocycles. The van der Waals surface area contributed by atoms with Gasteiger partial charge in [-0.3, -0.25) is 29.0 Å². The molecule has 1 unspecified atom stereocenters. The van der Waals surface area contributed by atoms with Crippen molar-refractivity contribution in [2.24, 2.45) is 5.41 Å². The maximum atomic E-state index is 12.8. The lowest BCUT2D eigenvalue weighted by atomic mass is 9.85. The summed E-state index contributed by atoms with van der Waals surface area (Å²) >= 11 is 0. The first kappa shape index (κ1) is 58.3. The molecule has 2 heterocycles. The summed E-state index contributed by atoms with van der Waals surface area (Å²) in [7, 11) is 0. The molecule has 0 radical (unpaired) electrons. The van der Waals surface area contributed by atoms with Crippen LogP contribution in [0.4, 0.5) is 11.6 Å². The van der Waals surface area contributed by atoms with Crippen LogP contribution >= 0.6 is 0 Å². The number of amides is 3. The molecule has 388 valence electrons. The van der Waals surface area contributed by atoms with Gasteiger partial charge in [0.1, 0.15) is 17.6 Å². The molecule has 0 fully saturated rings. The summed E-state index contributed by atoms with van der Waals surface area (Å²) < 4.78 is 33.0. The number of nitrogen functional groups attached to an aromatic ring is 1. The molecule has 24 nitrogen and oxygen atoms in total. The Hall–Kier alpha value is -6.02. The summed E-state index contributed by atoms with van der Waals surface area (Å²) in [6.07, 6.45) is 2.94. The number of carbonyl (C=O) groups is 6. The van der Waals surface area contributed by atoms with Crippen LogP contribution in [0.25, 0.3) is 11.2 Å². The topological polar surface area (TPSA) is 344 Å². The number of ketones is 2. The minimum absolute atomic E-state index is 0.00682. The smallest absolute Gasteiger partial charge is 0.326 e. The van der Waals surface area contributed by atoms with E-state index in [9.17, 15) is 43.8 Å². The van der Waals surface area contributed by atoms with Crippen molar-refractivity contribution in [3.05, 3.63) is 52.1 Å². The number of hydrogen-bond acceptors (Lipinski definition) is 19. The molecule has 3 rings (SSSR count). The quantitative estimate of drug-likeness (QED) is 0.0364. The highest BCUT2D eigenvalue weighted by Gasteiger charge is 2.32. The van der Waals surface area contributed by atoms with E-state index in [0.717, 1.165) is 6.42 Å². The first-order valence-electron chi connectivity index (χ1n) is 23.2. The molecular weight excluding hydrogens is 919 g/mol. The van der Waals surface area contributed by atoms with Gasteiger partial charge in [-0.15, -0.1) is 0 Å². The van der Waals surface area contributed by atoms with Gasteiger partial charge < -0.3 is 70.4 Å². The minimum Gasteiger partial charge on any atom is -0.480 e. The third-order valence-electron chi connectivity index (χ3n) is 10.1. The van der Waals surface area contributed by atoms with Crippen LogP contribution in [0, 0.1) is 5.41 Å². The molecule has 0 aliphatic heterocycles. The predicted molar refractivity (Wildman–Crippen MR) is 254 cm³/mol. The number of aromatic nitrogens is 4. The lowest BCUT2D eigenvalue weighted by molar-refractivity contribution is -0.139. The van der Waals surface area contributed by atoms with Gasteiger partial charge in [-0.2, -0.15) is 4.98 Å². The highest BCUT2D eigenvalue weighted by atomic mass is 16.5. The number of carboxylic acid groups (broad SMARTS) is 1. The van der Waals surface area contributed by atoms with Crippen molar-refractivity contribution in [3.63, 3.8) is 0 Å². The zero-order valence-electron chi connectivity index (χ0n) is 40.1. The number of nitrogens with two attached hydrogens (primary N) is 1. The van der Waals surface area contributed by atoms with Crippen molar-refractivity contribution in [1.82, 2.24) is 35.9 Å². The van der Waals surface area contributed by atoms with Crippen LogP contribution in [0.3, 0.4) is 0 Å². The number of H-pyrrole nitrogens is 1. The molecule has 0 aliphatic carbocycles. The van der Waals surface area contributed by atoms with Crippen LogP contribution in [0.5, 0.6) is 0 Å². The minimum atomic E-state index is -1.28. The Balaban J connectivity index is 1.19. The lowest BCUT2D eigenvalue weighted by Gasteiger charge is -2.30. The third kappa shape index (κ3) is 24.0. The largest absolute Gasteiger partial charge is 0.480 e. The lowest BCUT2D eigenvalue weighted by Crippen LogP contribution is -2.41. The second-order valence-corrected chi connectivity index (χ2v) is 16.3. The molecule has 1 aromatic carbocycles. The number of benzene rings is 1. The number of anilines is 2. The van der Waals surface area contributed by atoms with Gasteiger partial charge in [0.15, 0.2) is 11.2 Å². The van der Waals surface area contributed by atoms with E-state index in [4.69, 9.17) is 34.2 Å². The van der Waals surface area contributed by atoms with Crippen molar-refractivity contribution >= 4 is 58.1 Å². The van der Waals surface area contributed by atoms with Crippen LogP contribution < -0.4 is 32.6 Å². The number of aliphatic hydroxyl groups excluding tert-OH is 1. The number of aliphatic hydroxyl groups is 1. The average molecular weight is 988 g/mol. The van der Waals surface area contributed by atoms with Gasteiger partial charge >= 0.3 is 5.97 Å². The summed E-state index contributed by atoms with van der Waals surface area (Å²) in [6.45, 7) is 6.89. The van der Waals surface area contributed by atoms with Crippen LogP contribution in [0.1, 0.15) is 81.3 Å². The molecule has 2 aromatic heterocycles. The van der Waals surface area contributed by atoms with Gasteiger partial charge in [-0.1, -0.05) is 6.92 Å². The Morgan fingerprint density at radius 2 is 1.37 bits per heavy atom. The van der Waals surface area contributed by atoms with Crippen molar-refractivity contribution in [2.45, 2.75) is 77.8 Å². The van der Waals surface area contributed by atoms with Crippen molar-refractivity contribution in [2.75, 3.05) is 110 Å². The first-order chi connectivity index (χ1) is 33.7. The summed E-state index contributed by atoms with van der Waals surface area (Å²) in [5.74, 6) is -2.80. The van der Waals surface area contributed by atoms with Gasteiger partial charge in [0.2, 0.25) is 17.8 Å². The van der Waals surface area contributed by atoms with Gasteiger partial charge in [-0.25, -0.2) is 14.8 Å². The zero-order valence-corrected chi connectivity index (χ0v) is 40.1. The number of Topliss-reactive ketones (excluding diaryl/α,β-unsaturated/α-hetero) is 2. The Labute approximate surface area is 405 Å². The van der Waals surface area contributed by atoms with Gasteiger partial charge in [0.25, 0.3) is 11.5 Å². The first-order valence-corrected chi connectivity index (χ1v) is 23.2. The normalized spacial score (nSPS) is 12.5. The fourth-order valence-corrected chi connectivity index (χ4v) is 6.51. The number of rotatable bonds is 40. The van der Waals surface area contributed by atoms with E-state index in [1.54, 1.807) is 12.1 Å². The van der Waals surface area contributed by atoms with E-state index in [2.05, 4.69) is 41.2 Å². The molecular formula is C46H69N9O15. The molecule has 70 heavy (non-hydrogen) atoms. The van der Waals surface area contributed by atoms with E-state index in [-0.39, 0.29) is 151 Å². The monoisotopic (exact) mass is 987 g/mol. The number of aromatic amines is 1. The molecule has 9 N–H and O–H groups in total. The summed E-state index contributed by atoms with van der Waals surface area (Å²) in [5, 5.41) is 30.9. The second kappa shape index (κ2) is 33.5. The maximum Gasteiger partial charge on any atom is 0.326 e. The Morgan fingerprint density at radius 3 is 1.94 bits per heavy atom. The van der Waals surface area contributed by atoms with Crippen molar-refractivity contribution in [3.8, 4) is 0 Å². The van der Waals surface area contributed by atoms with E-state index in [1.165, 1.54) is 25.3 Å². The van der Waals surface area contributed by atoms with Gasteiger partial charge in [-0.05, 0) is 50.5 Å². The number of carboxylic acids is 1. The van der Waals surface area contributed by atoms with E-state index in [1.807, 2.05) is 6.92 Å². The number of ether oxygens (including phenoxy) is 6. The predicted octanol–water partition coefficient (Wildman–Crippen LogP) is 0.700. The van der Waals surface area contributed by atoms with Gasteiger partial charge in [0, 0.05) is 75.1 Å². The second-order valence-electron chi connectivity index (χ2n) is 16.3. The average Bonchev–Trinajstić information content (AvgIpc) is 3.33. The number of nitrogens with one attached hydrogen (secondary N) is 5. The number of fused-ring (bicyclic) bond motifs is 1. The molecule has 2 atom stereocenters. The van der Waals surface area contributed by atoms with Gasteiger partial charge in [0.05, 0.1) is 91.1 Å². The Bertz CT molecular complexity index is 2140. The fraction of sp³-hybridized carbons (Fsp3) is 0.609. The van der Waals surface area contributed by atoms with E-state index >= 15 is 0 Å².